The average Bonchev–Trinajstić information content (AvgIpc) is 3.35. The smallest absolute Gasteiger partial charge is 0.309 e. The number of ether oxygens (including phenoxy) is 1. The van der Waals surface area contributed by atoms with Crippen molar-refractivity contribution in [2.45, 2.75) is 145 Å². The number of carboxylic acid groups (broad SMARTS) is 1. The lowest BCUT2D eigenvalue weighted by Crippen LogP contribution is -2.66. The van der Waals surface area contributed by atoms with Gasteiger partial charge in [0.05, 0.1) is 17.3 Å². The molecule has 0 aliphatic heterocycles. The minimum Gasteiger partial charge on any atom is -0.481 e. The third kappa shape index (κ3) is 5.47. The van der Waals surface area contributed by atoms with E-state index in [1.54, 1.807) is 13.8 Å². The van der Waals surface area contributed by atoms with E-state index in [1.165, 1.54) is 11.1 Å². The van der Waals surface area contributed by atoms with E-state index in [2.05, 4.69) is 60.6 Å². The molecule has 0 amide bonds. The topological polar surface area (TPSA) is 97.7 Å². The summed E-state index contributed by atoms with van der Waals surface area (Å²) < 4.78 is 6.15. The second-order valence-electron chi connectivity index (χ2n) is 19.4. The highest BCUT2D eigenvalue weighted by Crippen LogP contribution is 2.77. The number of carboxylic acids is 1. The number of Topliss-reactive ketones (excluding diaryl/α,β-unsaturated/α-hetero) is 2. The zero-order chi connectivity index (χ0) is 36.7. The van der Waals surface area contributed by atoms with Crippen molar-refractivity contribution in [1.29, 1.82) is 0 Å². The SMILES string of the molecule is CC(C)C1=C2[C@H]3CC[C@@H]4[C@@]5(C)CC[C@H](OC(=O)CC(C)(C)C(=O)O)C(C)(C)[C@@H]5CC[C@@]4(C)[C@]3(C)CC[C@@]2(C(=O)CCc2ccccc2)CC1=O. The average molecular weight is 687 g/mol. The Morgan fingerprint density at radius 3 is 2.20 bits per heavy atom. The first-order valence-electron chi connectivity index (χ1n) is 19.5. The fourth-order valence-electron chi connectivity index (χ4n) is 12.9. The number of hydrogen-bond donors (Lipinski definition) is 1. The van der Waals surface area contributed by atoms with E-state index in [4.69, 9.17) is 4.74 Å². The molecule has 50 heavy (non-hydrogen) atoms. The summed E-state index contributed by atoms with van der Waals surface area (Å²) in [6.45, 7) is 19.6. The molecule has 8 atom stereocenters. The van der Waals surface area contributed by atoms with Crippen LogP contribution in [0.25, 0.3) is 0 Å². The van der Waals surface area contributed by atoms with Crippen molar-refractivity contribution in [2.24, 2.45) is 56.2 Å². The minimum absolute atomic E-state index is 0.0247. The summed E-state index contributed by atoms with van der Waals surface area (Å²) in [5.41, 5.74) is 1.40. The van der Waals surface area contributed by atoms with Gasteiger partial charge in [0.2, 0.25) is 0 Å². The van der Waals surface area contributed by atoms with Crippen LogP contribution in [0.15, 0.2) is 41.5 Å². The molecule has 1 aromatic rings. The van der Waals surface area contributed by atoms with Crippen molar-refractivity contribution >= 4 is 23.5 Å². The molecule has 0 unspecified atom stereocenters. The second kappa shape index (κ2) is 12.4. The van der Waals surface area contributed by atoms with Gasteiger partial charge in [-0.25, -0.2) is 0 Å². The van der Waals surface area contributed by atoms with E-state index in [-0.39, 0.29) is 57.6 Å². The number of carbonyl (C=O) groups excluding carboxylic acids is 3. The zero-order valence-electron chi connectivity index (χ0n) is 32.2. The number of benzene rings is 1. The van der Waals surface area contributed by atoms with E-state index in [9.17, 15) is 24.3 Å². The Bertz CT molecular complexity index is 1580. The maximum Gasteiger partial charge on any atom is 0.309 e. The molecule has 5 aliphatic carbocycles. The monoisotopic (exact) mass is 686 g/mol. The normalized spacial score (nSPS) is 37.8. The Morgan fingerprint density at radius 2 is 1.56 bits per heavy atom. The van der Waals surface area contributed by atoms with Gasteiger partial charge in [0, 0.05) is 18.3 Å². The van der Waals surface area contributed by atoms with Crippen molar-refractivity contribution < 1.29 is 29.0 Å². The highest BCUT2D eigenvalue weighted by atomic mass is 16.5. The largest absolute Gasteiger partial charge is 0.481 e. The van der Waals surface area contributed by atoms with Crippen molar-refractivity contribution in [2.75, 3.05) is 0 Å². The zero-order valence-corrected chi connectivity index (χ0v) is 32.2. The molecule has 0 spiro atoms. The van der Waals surface area contributed by atoms with E-state index in [0.717, 1.165) is 56.9 Å². The summed E-state index contributed by atoms with van der Waals surface area (Å²) in [6, 6.07) is 10.3. The molecule has 4 saturated carbocycles. The molecule has 0 radical (unpaired) electrons. The Labute approximate surface area is 300 Å². The van der Waals surface area contributed by atoms with Crippen LogP contribution in [0.3, 0.4) is 0 Å². The predicted octanol–water partition coefficient (Wildman–Crippen LogP) is 9.58. The van der Waals surface area contributed by atoms with Crippen molar-refractivity contribution in [3.05, 3.63) is 47.0 Å². The lowest BCUT2D eigenvalue weighted by Gasteiger charge is -2.72. The molecule has 6 heteroatoms. The molecule has 274 valence electrons. The summed E-state index contributed by atoms with van der Waals surface area (Å²) in [7, 11) is 0. The highest BCUT2D eigenvalue weighted by Gasteiger charge is 2.70. The number of ketones is 2. The van der Waals surface area contributed by atoms with Crippen molar-refractivity contribution in [3.63, 3.8) is 0 Å². The van der Waals surface area contributed by atoms with Gasteiger partial charge in [-0.3, -0.25) is 19.2 Å². The van der Waals surface area contributed by atoms with Gasteiger partial charge >= 0.3 is 11.9 Å². The molecule has 0 heterocycles. The van der Waals surface area contributed by atoms with E-state index in [1.807, 2.05) is 18.2 Å². The number of esters is 1. The molecule has 5 aliphatic rings. The number of aryl methyl sites for hydroxylation is 1. The van der Waals surface area contributed by atoms with E-state index < -0.39 is 22.8 Å². The van der Waals surface area contributed by atoms with E-state index in [0.29, 0.717) is 31.1 Å². The summed E-state index contributed by atoms with van der Waals surface area (Å²) in [5, 5.41) is 9.59. The van der Waals surface area contributed by atoms with Crippen LogP contribution in [-0.2, 0) is 30.3 Å². The molecule has 1 aromatic carbocycles. The first kappa shape index (κ1) is 37.0. The van der Waals surface area contributed by atoms with Gasteiger partial charge in [-0.05, 0) is 128 Å². The number of aliphatic carboxylic acids is 1. The molecular formula is C44H62O6. The number of carbonyl (C=O) groups is 4. The van der Waals surface area contributed by atoms with Crippen LogP contribution < -0.4 is 0 Å². The van der Waals surface area contributed by atoms with E-state index >= 15 is 0 Å². The lowest BCUT2D eigenvalue weighted by atomic mass is 9.33. The van der Waals surface area contributed by atoms with Gasteiger partial charge in [0.1, 0.15) is 11.9 Å². The van der Waals surface area contributed by atoms with Gasteiger partial charge in [0.25, 0.3) is 0 Å². The van der Waals surface area contributed by atoms with Gasteiger partial charge in [-0.1, -0.05) is 78.8 Å². The van der Waals surface area contributed by atoms with Crippen molar-refractivity contribution in [1.82, 2.24) is 0 Å². The van der Waals surface area contributed by atoms with Crippen LogP contribution in [-0.4, -0.2) is 34.7 Å². The third-order valence-electron chi connectivity index (χ3n) is 15.8. The molecule has 0 bridgehead atoms. The maximum absolute atomic E-state index is 14.5. The Hall–Kier alpha value is -2.76. The number of rotatable bonds is 9. The number of fused-ring (bicyclic) bond motifs is 7. The Kier molecular flexibility index (Phi) is 9.20. The molecule has 1 N–H and O–H groups in total. The summed E-state index contributed by atoms with van der Waals surface area (Å²) >= 11 is 0. The van der Waals surface area contributed by atoms with Crippen LogP contribution in [0, 0.1) is 56.2 Å². The van der Waals surface area contributed by atoms with Crippen LogP contribution >= 0.6 is 0 Å². The Morgan fingerprint density at radius 1 is 0.880 bits per heavy atom. The fourth-order valence-corrected chi connectivity index (χ4v) is 12.9. The standard InChI is InChI=1S/C44H62O6/c1-27(2)36-30(45)25-44(33(46)18-15-28-13-11-10-12-14-28)24-23-42(8)29(37(36)44)16-17-32-41(7)21-20-34(50-35(47)26-39(3,4)38(48)49)40(5,6)31(41)19-22-43(32,42)9/h10-14,27,29,31-32,34H,15-26H2,1-9H3,(H,48,49)/t29-,31+,32-,34+,41+,42-,43-,44+/m1/s1. The summed E-state index contributed by atoms with van der Waals surface area (Å²) in [5.74, 6) is 0.245. The highest BCUT2D eigenvalue weighted by molar-refractivity contribution is 6.07. The Balaban J connectivity index is 1.29. The third-order valence-corrected chi connectivity index (χ3v) is 15.8. The van der Waals surface area contributed by atoms with Crippen molar-refractivity contribution in [3.8, 4) is 0 Å². The molecular weight excluding hydrogens is 624 g/mol. The predicted molar refractivity (Wildman–Crippen MR) is 195 cm³/mol. The molecule has 6 nitrogen and oxygen atoms in total. The molecule has 4 fully saturated rings. The molecule has 0 aromatic heterocycles. The number of allylic oxidation sites excluding steroid dienone is 2. The molecule has 0 saturated heterocycles. The number of hydrogen-bond acceptors (Lipinski definition) is 5. The summed E-state index contributed by atoms with van der Waals surface area (Å²) in [6.07, 6.45) is 8.87. The second-order valence-corrected chi connectivity index (χ2v) is 19.4. The van der Waals surface area contributed by atoms with Crippen LogP contribution in [0.4, 0.5) is 0 Å². The maximum atomic E-state index is 14.5. The van der Waals surface area contributed by atoms with Crippen LogP contribution in [0.1, 0.15) is 139 Å². The quantitative estimate of drug-likeness (QED) is 0.260. The van der Waals surface area contributed by atoms with Gasteiger partial charge < -0.3 is 9.84 Å². The lowest BCUT2D eigenvalue weighted by molar-refractivity contribution is -0.233. The van der Waals surface area contributed by atoms with Gasteiger partial charge in [-0.2, -0.15) is 0 Å². The van der Waals surface area contributed by atoms with Gasteiger partial charge in [0.15, 0.2) is 5.78 Å². The summed E-state index contributed by atoms with van der Waals surface area (Å²) in [4.78, 5) is 53.3. The molecule has 6 rings (SSSR count). The first-order chi connectivity index (χ1) is 23.2. The van der Waals surface area contributed by atoms with Crippen LogP contribution in [0.5, 0.6) is 0 Å². The first-order valence-corrected chi connectivity index (χ1v) is 19.5. The van der Waals surface area contributed by atoms with Gasteiger partial charge in [-0.15, -0.1) is 0 Å². The minimum atomic E-state index is -1.16. The van der Waals surface area contributed by atoms with Crippen LogP contribution in [0.2, 0.25) is 0 Å². The fraction of sp³-hybridized carbons (Fsp3) is 0.727.